The van der Waals surface area contributed by atoms with Gasteiger partial charge in [0.2, 0.25) is 5.91 Å². The maximum atomic E-state index is 12.0. The number of benzene rings is 2. The molecule has 0 saturated carbocycles. The number of hydrogen-bond acceptors (Lipinski definition) is 3. The van der Waals surface area contributed by atoms with Gasteiger partial charge in [0.05, 0.1) is 6.61 Å². The summed E-state index contributed by atoms with van der Waals surface area (Å²) in [6.45, 7) is 6.62. The summed E-state index contributed by atoms with van der Waals surface area (Å²) in [5.74, 6) is 0.725. The fraction of sp³-hybridized carbons (Fsp3) is 0.364. The smallest absolute Gasteiger partial charge is 0.319 e. The molecule has 3 amide bonds. The number of halogens is 1. The number of anilines is 1. The molecule has 0 saturated heterocycles. The summed E-state index contributed by atoms with van der Waals surface area (Å²) < 4.78 is 5.65. The van der Waals surface area contributed by atoms with Crippen molar-refractivity contribution in [1.82, 2.24) is 10.6 Å². The van der Waals surface area contributed by atoms with Crippen LogP contribution in [0.5, 0.6) is 5.75 Å². The lowest BCUT2D eigenvalue weighted by molar-refractivity contribution is -0.121. The maximum absolute atomic E-state index is 12.0. The zero-order valence-electron chi connectivity index (χ0n) is 17.0. The summed E-state index contributed by atoms with van der Waals surface area (Å²) in [4.78, 5) is 23.7. The number of aryl methyl sites for hydroxylation is 1. The molecule has 0 atom stereocenters. The number of carbonyl (C=O) groups is 2. The van der Waals surface area contributed by atoms with Gasteiger partial charge in [-0.3, -0.25) is 4.79 Å². The van der Waals surface area contributed by atoms with Crippen molar-refractivity contribution in [3.63, 3.8) is 0 Å². The second-order valence-electron chi connectivity index (χ2n) is 7.09. The van der Waals surface area contributed by atoms with E-state index in [-0.39, 0.29) is 18.0 Å². The van der Waals surface area contributed by atoms with Crippen molar-refractivity contribution in [2.45, 2.75) is 46.2 Å². The van der Waals surface area contributed by atoms with E-state index in [2.05, 4.69) is 16.0 Å². The largest absolute Gasteiger partial charge is 0.494 e. The van der Waals surface area contributed by atoms with E-state index in [1.807, 2.05) is 57.2 Å². The second-order valence-corrected chi connectivity index (χ2v) is 7.50. The van der Waals surface area contributed by atoms with E-state index >= 15 is 0 Å². The maximum Gasteiger partial charge on any atom is 0.319 e. The highest BCUT2D eigenvalue weighted by Crippen LogP contribution is 2.21. The van der Waals surface area contributed by atoms with Gasteiger partial charge in [0, 0.05) is 29.7 Å². The minimum absolute atomic E-state index is 0.0283. The Hall–Kier alpha value is -2.73. The Morgan fingerprint density at radius 3 is 2.48 bits per heavy atom. The Bertz CT molecular complexity index is 823. The van der Waals surface area contributed by atoms with E-state index in [4.69, 9.17) is 16.3 Å². The molecule has 2 aromatic rings. The zero-order valence-corrected chi connectivity index (χ0v) is 17.8. The highest BCUT2D eigenvalue weighted by Gasteiger charge is 2.05. The Balaban J connectivity index is 1.65. The minimum atomic E-state index is -0.239. The summed E-state index contributed by atoms with van der Waals surface area (Å²) in [5, 5.41) is 9.12. The molecule has 0 heterocycles. The van der Waals surface area contributed by atoms with Crippen molar-refractivity contribution >= 4 is 29.2 Å². The molecule has 2 aromatic carbocycles. The molecule has 0 aliphatic rings. The molecule has 2 rings (SSSR count). The Morgan fingerprint density at radius 2 is 1.83 bits per heavy atom. The van der Waals surface area contributed by atoms with Crippen LogP contribution in [0.3, 0.4) is 0 Å². The Morgan fingerprint density at radius 1 is 1.10 bits per heavy atom. The molecular weight excluding hydrogens is 390 g/mol. The van der Waals surface area contributed by atoms with Crippen molar-refractivity contribution in [2.24, 2.45) is 0 Å². The van der Waals surface area contributed by atoms with Gasteiger partial charge in [0.25, 0.3) is 0 Å². The first-order valence-corrected chi connectivity index (χ1v) is 10.0. The number of hydrogen-bond donors (Lipinski definition) is 3. The third-order valence-electron chi connectivity index (χ3n) is 4.07. The number of ether oxygens (including phenoxy) is 1. The molecule has 7 heteroatoms. The van der Waals surface area contributed by atoms with Crippen LogP contribution in [0, 0.1) is 6.92 Å². The highest BCUT2D eigenvalue weighted by molar-refractivity contribution is 6.31. The van der Waals surface area contributed by atoms with E-state index in [1.165, 1.54) is 0 Å². The molecule has 156 valence electrons. The molecule has 0 bridgehead atoms. The third kappa shape index (κ3) is 8.44. The minimum Gasteiger partial charge on any atom is -0.494 e. The quantitative estimate of drug-likeness (QED) is 0.519. The fourth-order valence-electron chi connectivity index (χ4n) is 2.55. The number of urea groups is 1. The summed E-state index contributed by atoms with van der Waals surface area (Å²) in [5.41, 5.74) is 2.62. The molecule has 0 aromatic heterocycles. The predicted molar refractivity (Wildman–Crippen MR) is 116 cm³/mol. The number of rotatable bonds is 9. The molecule has 6 nitrogen and oxygen atoms in total. The van der Waals surface area contributed by atoms with Crippen LogP contribution in [-0.4, -0.2) is 24.6 Å². The van der Waals surface area contributed by atoms with Crippen LogP contribution in [0.4, 0.5) is 10.5 Å². The lowest BCUT2D eigenvalue weighted by atomic mass is 10.2. The molecule has 0 spiro atoms. The van der Waals surface area contributed by atoms with E-state index in [0.29, 0.717) is 36.7 Å². The normalized spacial score (nSPS) is 10.5. The first-order valence-electron chi connectivity index (χ1n) is 9.65. The van der Waals surface area contributed by atoms with Crippen molar-refractivity contribution in [3.05, 3.63) is 58.6 Å². The first-order chi connectivity index (χ1) is 13.8. The van der Waals surface area contributed by atoms with Gasteiger partial charge in [-0.15, -0.1) is 0 Å². The molecule has 29 heavy (non-hydrogen) atoms. The number of carbonyl (C=O) groups excluding carboxylic acids is 2. The van der Waals surface area contributed by atoms with Gasteiger partial charge in [-0.1, -0.05) is 23.7 Å². The molecule has 0 aliphatic carbocycles. The van der Waals surface area contributed by atoms with E-state index in [1.54, 1.807) is 6.07 Å². The molecule has 0 radical (unpaired) electrons. The van der Waals surface area contributed by atoms with Crippen molar-refractivity contribution in [1.29, 1.82) is 0 Å². The number of amides is 3. The molecule has 0 unspecified atom stereocenters. The van der Waals surface area contributed by atoms with Crippen molar-refractivity contribution < 1.29 is 14.3 Å². The average molecular weight is 418 g/mol. The molecule has 0 fully saturated rings. The first kappa shape index (κ1) is 22.6. The lowest BCUT2D eigenvalue weighted by Crippen LogP contribution is -2.34. The Labute approximate surface area is 177 Å². The van der Waals surface area contributed by atoms with Gasteiger partial charge in [0.15, 0.2) is 0 Å². The third-order valence-corrected chi connectivity index (χ3v) is 4.49. The van der Waals surface area contributed by atoms with Crippen LogP contribution in [0.2, 0.25) is 5.02 Å². The van der Waals surface area contributed by atoms with Gasteiger partial charge >= 0.3 is 6.03 Å². The van der Waals surface area contributed by atoms with Crippen molar-refractivity contribution in [2.75, 3.05) is 11.9 Å². The van der Waals surface area contributed by atoms with Gasteiger partial charge in [-0.2, -0.15) is 0 Å². The Kier molecular flexibility index (Phi) is 8.80. The topological polar surface area (TPSA) is 79.5 Å². The van der Waals surface area contributed by atoms with Crippen LogP contribution >= 0.6 is 11.6 Å². The van der Waals surface area contributed by atoms with Gasteiger partial charge in [-0.05, 0) is 68.7 Å². The van der Waals surface area contributed by atoms with Crippen LogP contribution in [0.25, 0.3) is 0 Å². The standard InChI is InChI=1S/C22H28ClN3O3/c1-15(2)25-22(28)26-18-8-6-17(7-9-18)14-24-21(27)5-4-12-29-19-10-11-20(23)16(3)13-19/h6-11,13,15H,4-5,12,14H2,1-3H3,(H,24,27)(H2,25,26,28). The number of nitrogens with one attached hydrogen (secondary N) is 3. The van der Waals surface area contributed by atoms with Crippen LogP contribution in [-0.2, 0) is 11.3 Å². The highest BCUT2D eigenvalue weighted by atomic mass is 35.5. The average Bonchev–Trinajstić information content (AvgIpc) is 2.66. The summed E-state index contributed by atoms with van der Waals surface area (Å²) in [6.07, 6.45) is 1.02. The predicted octanol–water partition coefficient (Wildman–Crippen LogP) is 4.65. The van der Waals surface area contributed by atoms with E-state index in [0.717, 1.165) is 16.9 Å². The van der Waals surface area contributed by atoms with Crippen LogP contribution in [0.1, 0.15) is 37.8 Å². The lowest BCUT2D eigenvalue weighted by Gasteiger charge is -2.11. The monoisotopic (exact) mass is 417 g/mol. The fourth-order valence-corrected chi connectivity index (χ4v) is 2.67. The summed E-state index contributed by atoms with van der Waals surface area (Å²) >= 11 is 5.99. The molecule has 3 N–H and O–H groups in total. The molecular formula is C22H28ClN3O3. The van der Waals surface area contributed by atoms with E-state index < -0.39 is 0 Å². The van der Waals surface area contributed by atoms with Gasteiger partial charge in [0.1, 0.15) is 5.75 Å². The summed E-state index contributed by atoms with van der Waals surface area (Å²) in [7, 11) is 0. The van der Waals surface area contributed by atoms with Crippen LogP contribution < -0.4 is 20.7 Å². The van der Waals surface area contributed by atoms with Crippen LogP contribution in [0.15, 0.2) is 42.5 Å². The van der Waals surface area contributed by atoms with Gasteiger partial charge < -0.3 is 20.7 Å². The zero-order chi connectivity index (χ0) is 21.2. The molecule has 0 aliphatic heterocycles. The SMILES string of the molecule is Cc1cc(OCCCC(=O)NCc2ccc(NC(=O)NC(C)C)cc2)ccc1Cl. The van der Waals surface area contributed by atoms with Crippen molar-refractivity contribution in [3.8, 4) is 5.75 Å². The summed E-state index contributed by atoms with van der Waals surface area (Å²) in [6, 6.07) is 12.7. The van der Waals surface area contributed by atoms with Gasteiger partial charge in [-0.25, -0.2) is 4.79 Å². The van der Waals surface area contributed by atoms with E-state index in [9.17, 15) is 9.59 Å². The second kappa shape index (κ2) is 11.3.